The van der Waals surface area contributed by atoms with Gasteiger partial charge in [0.15, 0.2) is 0 Å². The molecule has 0 amide bonds. The Morgan fingerprint density at radius 1 is 1.45 bits per heavy atom. The summed E-state index contributed by atoms with van der Waals surface area (Å²) in [6.45, 7) is 3.83. The Bertz CT molecular complexity index is 483. The zero-order valence-electron chi connectivity index (χ0n) is 12.1. The molecular formula is C16H22FNO2. The summed E-state index contributed by atoms with van der Waals surface area (Å²) >= 11 is 0. The summed E-state index contributed by atoms with van der Waals surface area (Å²) in [7, 11) is 0. The molecule has 1 aliphatic carbocycles. The van der Waals surface area contributed by atoms with Crippen LogP contribution in [0.2, 0.25) is 0 Å². The van der Waals surface area contributed by atoms with Gasteiger partial charge in [0, 0.05) is 5.69 Å². The summed E-state index contributed by atoms with van der Waals surface area (Å²) in [6, 6.07) is 4.62. The second kappa shape index (κ2) is 5.81. The molecule has 0 radical (unpaired) electrons. The Morgan fingerprint density at radius 3 is 2.80 bits per heavy atom. The Kier molecular flexibility index (Phi) is 4.31. The molecule has 110 valence electrons. The molecular weight excluding hydrogens is 257 g/mol. The molecule has 0 aliphatic heterocycles. The number of aryl methyl sites for hydroxylation is 1. The van der Waals surface area contributed by atoms with Gasteiger partial charge in [-0.25, -0.2) is 9.18 Å². The third-order valence-corrected chi connectivity index (χ3v) is 4.35. The fraction of sp³-hybridized carbons (Fsp3) is 0.562. The highest BCUT2D eigenvalue weighted by Crippen LogP contribution is 2.39. The molecule has 3 nitrogen and oxygen atoms in total. The van der Waals surface area contributed by atoms with Crippen LogP contribution in [-0.4, -0.2) is 16.6 Å². The number of benzene rings is 1. The highest BCUT2D eigenvalue weighted by molar-refractivity contribution is 5.83. The predicted molar refractivity (Wildman–Crippen MR) is 77.4 cm³/mol. The van der Waals surface area contributed by atoms with Crippen molar-refractivity contribution in [1.29, 1.82) is 0 Å². The van der Waals surface area contributed by atoms with Gasteiger partial charge < -0.3 is 10.4 Å². The van der Waals surface area contributed by atoms with E-state index in [0.29, 0.717) is 12.1 Å². The Hall–Kier alpha value is -1.58. The summed E-state index contributed by atoms with van der Waals surface area (Å²) in [6.07, 6.45) is 4.27. The third kappa shape index (κ3) is 2.79. The molecule has 0 bridgehead atoms. The lowest BCUT2D eigenvalue weighted by molar-refractivity contribution is -0.145. The monoisotopic (exact) mass is 279 g/mol. The van der Waals surface area contributed by atoms with Gasteiger partial charge in [0.25, 0.3) is 0 Å². The second-order valence-electron chi connectivity index (χ2n) is 5.77. The fourth-order valence-electron chi connectivity index (χ4n) is 3.36. The number of anilines is 1. The van der Waals surface area contributed by atoms with Crippen LogP contribution in [0.1, 0.15) is 44.6 Å². The van der Waals surface area contributed by atoms with Crippen LogP contribution in [0, 0.1) is 18.7 Å². The van der Waals surface area contributed by atoms with Crippen molar-refractivity contribution in [3.8, 4) is 0 Å². The molecule has 0 spiro atoms. The van der Waals surface area contributed by atoms with Crippen LogP contribution in [0.3, 0.4) is 0 Å². The first kappa shape index (κ1) is 14.8. The van der Waals surface area contributed by atoms with Gasteiger partial charge in [0.05, 0.1) is 0 Å². The van der Waals surface area contributed by atoms with Gasteiger partial charge in [-0.3, -0.25) is 0 Å². The van der Waals surface area contributed by atoms with E-state index < -0.39 is 11.5 Å². The minimum Gasteiger partial charge on any atom is -0.479 e. The molecule has 0 saturated heterocycles. The van der Waals surface area contributed by atoms with Gasteiger partial charge in [-0.15, -0.1) is 0 Å². The normalized spacial score (nSPS) is 26.2. The molecule has 1 aliphatic rings. The van der Waals surface area contributed by atoms with Crippen LogP contribution in [0.5, 0.6) is 0 Å². The molecule has 0 heterocycles. The molecule has 2 N–H and O–H groups in total. The zero-order chi connectivity index (χ0) is 14.8. The van der Waals surface area contributed by atoms with Gasteiger partial charge in [0.2, 0.25) is 0 Å². The van der Waals surface area contributed by atoms with Crippen LogP contribution in [0.4, 0.5) is 10.1 Å². The van der Waals surface area contributed by atoms with Gasteiger partial charge in [-0.2, -0.15) is 0 Å². The van der Waals surface area contributed by atoms with E-state index >= 15 is 0 Å². The maximum absolute atomic E-state index is 13.5. The van der Waals surface area contributed by atoms with Crippen molar-refractivity contribution < 1.29 is 14.3 Å². The van der Waals surface area contributed by atoms with E-state index in [4.69, 9.17) is 0 Å². The van der Waals surface area contributed by atoms with Gasteiger partial charge in [-0.1, -0.05) is 26.2 Å². The molecule has 2 rings (SSSR count). The van der Waals surface area contributed by atoms with Gasteiger partial charge in [0.1, 0.15) is 11.4 Å². The zero-order valence-corrected chi connectivity index (χ0v) is 12.1. The standard InChI is InChI=1S/C16H22FNO2/c1-3-12-6-4-5-7-16(12,15(19)20)18-14-9-11(2)8-13(17)10-14/h8-10,12,18H,3-7H2,1-2H3,(H,19,20). The van der Waals surface area contributed by atoms with E-state index in [1.807, 2.05) is 6.92 Å². The number of hydrogen-bond acceptors (Lipinski definition) is 2. The lowest BCUT2D eigenvalue weighted by Crippen LogP contribution is -2.54. The van der Waals surface area contributed by atoms with Crippen molar-refractivity contribution in [1.82, 2.24) is 0 Å². The SMILES string of the molecule is CCC1CCCCC1(Nc1cc(C)cc(F)c1)C(=O)O. The quantitative estimate of drug-likeness (QED) is 0.876. The molecule has 2 atom stereocenters. The highest BCUT2D eigenvalue weighted by atomic mass is 19.1. The lowest BCUT2D eigenvalue weighted by Gasteiger charge is -2.41. The molecule has 1 saturated carbocycles. The van der Waals surface area contributed by atoms with E-state index in [9.17, 15) is 14.3 Å². The number of halogens is 1. The van der Waals surface area contributed by atoms with E-state index in [0.717, 1.165) is 31.2 Å². The van der Waals surface area contributed by atoms with Crippen LogP contribution in [0.25, 0.3) is 0 Å². The van der Waals surface area contributed by atoms with Crippen LogP contribution >= 0.6 is 0 Å². The number of aliphatic carboxylic acids is 1. The molecule has 20 heavy (non-hydrogen) atoms. The lowest BCUT2D eigenvalue weighted by atomic mass is 9.71. The maximum Gasteiger partial charge on any atom is 0.329 e. The van der Waals surface area contributed by atoms with Crippen LogP contribution < -0.4 is 5.32 Å². The minimum absolute atomic E-state index is 0.0809. The number of nitrogens with one attached hydrogen (secondary N) is 1. The summed E-state index contributed by atoms with van der Waals surface area (Å²) in [5.74, 6) is -1.08. The summed E-state index contributed by atoms with van der Waals surface area (Å²) in [4.78, 5) is 11.9. The summed E-state index contributed by atoms with van der Waals surface area (Å²) in [5, 5.41) is 12.9. The van der Waals surface area contributed by atoms with Crippen LogP contribution in [-0.2, 0) is 4.79 Å². The Balaban J connectivity index is 2.35. The summed E-state index contributed by atoms with van der Waals surface area (Å²) in [5.41, 5.74) is 0.384. The van der Waals surface area contributed by atoms with Gasteiger partial charge >= 0.3 is 5.97 Å². The first-order chi connectivity index (χ1) is 9.48. The Morgan fingerprint density at radius 2 is 2.20 bits per heavy atom. The highest BCUT2D eigenvalue weighted by Gasteiger charge is 2.46. The fourth-order valence-corrected chi connectivity index (χ4v) is 3.36. The molecule has 0 aromatic heterocycles. The number of hydrogen-bond donors (Lipinski definition) is 2. The molecule has 4 heteroatoms. The molecule has 1 aromatic carbocycles. The smallest absolute Gasteiger partial charge is 0.329 e. The van der Waals surface area contributed by atoms with Crippen molar-refractivity contribution in [2.24, 2.45) is 5.92 Å². The van der Waals surface area contributed by atoms with E-state index in [-0.39, 0.29) is 11.7 Å². The number of carboxylic acids is 1. The topological polar surface area (TPSA) is 49.3 Å². The van der Waals surface area contributed by atoms with E-state index in [2.05, 4.69) is 5.32 Å². The summed E-state index contributed by atoms with van der Waals surface area (Å²) < 4.78 is 13.5. The first-order valence-corrected chi connectivity index (χ1v) is 7.26. The third-order valence-electron chi connectivity index (χ3n) is 4.35. The average molecular weight is 279 g/mol. The second-order valence-corrected chi connectivity index (χ2v) is 5.77. The predicted octanol–water partition coefficient (Wildman–Crippen LogP) is 3.97. The van der Waals surface area contributed by atoms with Crippen molar-refractivity contribution in [2.45, 2.75) is 51.5 Å². The minimum atomic E-state index is -0.965. The molecule has 1 aromatic rings. The molecule has 2 unspecified atom stereocenters. The first-order valence-electron chi connectivity index (χ1n) is 7.26. The molecule has 1 fully saturated rings. The van der Waals surface area contributed by atoms with Crippen molar-refractivity contribution in [3.63, 3.8) is 0 Å². The largest absolute Gasteiger partial charge is 0.479 e. The number of rotatable bonds is 4. The van der Waals surface area contributed by atoms with Crippen LogP contribution in [0.15, 0.2) is 18.2 Å². The van der Waals surface area contributed by atoms with E-state index in [1.54, 1.807) is 13.0 Å². The van der Waals surface area contributed by atoms with Crippen molar-refractivity contribution >= 4 is 11.7 Å². The average Bonchev–Trinajstić information content (AvgIpc) is 2.37. The number of carboxylic acid groups (broad SMARTS) is 1. The van der Waals surface area contributed by atoms with Gasteiger partial charge in [-0.05, 0) is 49.4 Å². The number of carbonyl (C=O) groups is 1. The van der Waals surface area contributed by atoms with Crippen molar-refractivity contribution in [2.75, 3.05) is 5.32 Å². The van der Waals surface area contributed by atoms with Crippen molar-refractivity contribution in [3.05, 3.63) is 29.6 Å². The Labute approximate surface area is 119 Å². The maximum atomic E-state index is 13.5. The van der Waals surface area contributed by atoms with E-state index in [1.165, 1.54) is 12.1 Å².